The smallest absolute Gasteiger partial charge is 0.316 e. The van der Waals surface area contributed by atoms with Crippen LogP contribution in [0.25, 0.3) is 0 Å². The molecule has 6 nitrogen and oxygen atoms in total. The molecular formula is C19H28N3O3+. The molecule has 1 aromatic carbocycles. The van der Waals surface area contributed by atoms with Crippen LogP contribution in [-0.4, -0.2) is 47.9 Å². The van der Waals surface area contributed by atoms with E-state index in [1.54, 1.807) is 0 Å². The number of carbonyl (C=O) groups is 3. The molecule has 1 heterocycles. The Morgan fingerprint density at radius 3 is 2.00 bits per heavy atom. The van der Waals surface area contributed by atoms with E-state index in [0.717, 1.165) is 20.3 Å². The summed E-state index contributed by atoms with van der Waals surface area (Å²) in [5.74, 6) is -0.824. The first kappa shape index (κ1) is 19.1. The molecule has 1 atom stereocenters. The fourth-order valence-electron chi connectivity index (χ4n) is 2.91. The lowest BCUT2D eigenvalue weighted by Crippen LogP contribution is -3.09. The number of nitrogens with zero attached hydrogens (tertiary/aromatic N) is 2. The fourth-order valence-corrected chi connectivity index (χ4v) is 2.91. The van der Waals surface area contributed by atoms with E-state index in [4.69, 9.17) is 0 Å². The van der Waals surface area contributed by atoms with Crippen LogP contribution in [0.1, 0.15) is 44.7 Å². The van der Waals surface area contributed by atoms with Crippen molar-refractivity contribution in [3.63, 3.8) is 0 Å². The third-order valence-electron chi connectivity index (χ3n) is 4.26. The SMILES string of the molecule is CC(C)CN1C(=O)C(=O)N(C[NH+](C)Cc2ccc(C(C)C)cc2)C1=O. The summed E-state index contributed by atoms with van der Waals surface area (Å²) in [4.78, 5) is 39.6. The third kappa shape index (κ3) is 4.45. The van der Waals surface area contributed by atoms with Crippen LogP contribution >= 0.6 is 0 Å². The summed E-state index contributed by atoms with van der Waals surface area (Å²) in [6, 6.07) is 7.85. The van der Waals surface area contributed by atoms with E-state index < -0.39 is 17.8 Å². The molecule has 136 valence electrons. The lowest BCUT2D eigenvalue weighted by Gasteiger charge is -2.20. The van der Waals surface area contributed by atoms with Gasteiger partial charge in [0.15, 0.2) is 6.67 Å². The summed E-state index contributed by atoms with van der Waals surface area (Å²) in [6.07, 6.45) is 0. The highest BCUT2D eigenvalue weighted by atomic mass is 16.2. The highest BCUT2D eigenvalue weighted by Crippen LogP contribution is 2.15. The first-order valence-corrected chi connectivity index (χ1v) is 8.78. The monoisotopic (exact) mass is 346 g/mol. The second-order valence-electron chi connectivity index (χ2n) is 7.51. The number of hydrogen-bond donors (Lipinski definition) is 1. The quantitative estimate of drug-likeness (QED) is 0.597. The molecule has 1 unspecified atom stereocenters. The van der Waals surface area contributed by atoms with Gasteiger partial charge in [0, 0.05) is 12.1 Å². The predicted molar refractivity (Wildman–Crippen MR) is 94.8 cm³/mol. The van der Waals surface area contributed by atoms with Crippen molar-refractivity contribution < 1.29 is 19.3 Å². The average molecular weight is 346 g/mol. The lowest BCUT2D eigenvalue weighted by molar-refractivity contribution is -0.901. The van der Waals surface area contributed by atoms with E-state index in [9.17, 15) is 14.4 Å². The molecule has 1 N–H and O–H groups in total. The Morgan fingerprint density at radius 1 is 0.920 bits per heavy atom. The highest BCUT2D eigenvalue weighted by Gasteiger charge is 2.45. The van der Waals surface area contributed by atoms with Crippen molar-refractivity contribution in [2.75, 3.05) is 20.3 Å². The third-order valence-corrected chi connectivity index (χ3v) is 4.26. The van der Waals surface area contributed by atoms with Crippen molar-refractivity contribution in [3.05, 3.63) is 35.4 Å². The van der Waals surface area contributed by atoms with Crippen LogP contribution in [0.4, 0.5) is 4.79 Å². The van der Waals surface area contributed by atoms with Gasteiger partial charge in [0.25, 0.3) is 0 Å². The summed E-state index contributed by atoms with van der Waals surface area (Å²) in [6.45, 7) is 9.25. The summed E-state index contributed by atoms with van der Waals surface area (Å²) in [7, 11) is 1.91. The van der Waals surface area contributed by atoms with Gasteiger partial charge in [-0.25, -0.2) is 9.69 Å². The molecule has 1 aliphatic rings. The minimum atomic E-state index is -0.722. The van der Waals surface area contributed by atoms with Gasteiger partial charge in [-0.2, -0.15) is 0 Å². The van der Waals surface area contributed by atoms with Crippen LogP contribution in [0.5, 0.6) is 0 Å². The van der Waals surface area contributed by atoms with E-state index in [1.807, 2.05) is 20.9 Å². The van der Waals surface area contributed by atoms with Crippen LogP contribution in [0.15, 0.2) is 24.3 Å². The van der Waals surface area contributed by atoms with Gasteiger partial charge >= 0.3 is 17.8 Å². The molecular weight excluding hydrogens is 318 g/mol. The van der Waals surface area contributed by atoms with Crippen molar-refractivity contribution >= 4 is 17.8 Å². The standard InChI is InChI=1S/C19H27N3O3/c1-13(2)10-21-17(23)18(24)22(19(21)25)12-20(5)11-15-6-8-16(9-7-15)14(3)4/h6-9,13-14H,10-12H2,1-5H3/p+1. The number of benzene rings is 1. The first-order valence-electron chi connectivity index (χ1n) is 8.78. The number of hydrogen-bond acceptors (Lipinski definition) is 3. The van der Waals surface area contributed by atoms with E-state index in [2.05, 4.69) is 38.1 Å². The van der Waals surface area contributed by atoms with Gasteiger partial charge in [0.2, 0.25) is 0 Å². The molecule has 6 heteroatoms. The molecule has 0 aromatic heterocycles. The van der Waals surface area contributed by atoms with Gasteiger partial charge in [-0.1, -0.05) is 52.0 Å². The largest absolute Gasteiger partial charge is 0.338 e. The summed E-state index contributed by atoms with van der Waals surface area (Å²) in [5, 5.41) is 0. The molecule has 2 rings (SSSR count). The Bertz CT molecular complexity index is 652. The molecule has 25 heavy (non-hydrogen) atoms. The maximum absolute atomic E-state index is 12.4. The predicted octanol–water partition coefficient (Wildman–Crippen LogP) is 1.23. The van der Waals surface area contributed by atoms with Crippen molar-refractivity contribution in [2.24, 2.45) is 5.92 Å². The molecule has 4 amide bonds. The number of urea groups is 1. The van der Waals surface area contributed by atoms with E-state index >= 15 is 0 Å². The first-order chi connectivity index (χ1) is 11.7. The summed E-state index contributed by atoms with van der Waals surface area (Å²) < 4.78 is 0. The van der Waals surface area contributed by atoms with E-state index in [-0.39, 0.29) is 19.1 Å². The van der Waals surface area contributed by atoms with Crippen molar-refractivity contribution in [1.29, 1.82) is 0 Å². The van der Waals surface area contributed by atoms with Crippen molar-refractivity contribution in [3.8, 4) is 0 Å². The fraction of sp³-hybridized carbons (Fsp3) is 0.526. The summed E-state index contributed by atoms with van der Waals surface area (Å²) in [5.41, 5.74) is 2.41. The van der Waals surface area contributed by atoms with Crippen LogP contribution in [0.3, 0.4) is 0 Å². The van der Waals surface area contributed by atoms with Crippen LogP contribution in [0.2, 0.25) is 0 Å². The van der Waals surface area contributed by atoms with Gasteiger partial charge in [0.1, 0.15) is 6.54 Å². The number of quaternary nitrogens is 1. The average Bonchev–Trinajstić information content (AvgIpc) is 2.73. The molecule has 0 bridgehead atoms. The number of imide groups is 2. The summed E-state index contributed by atoms with van der Waals surface area (Å²) >= 11 is 0. The Morgan fingerprint density at radius 2 is 1.48 bits per heavy atom. The van der Waals surface area contributed by atoms with Crippen LogP contribution in [-0.2, 0) is 16.1 Å². The van der Waals surface area contributed by atoms with Gasteiger partial charge in [-0.3, -0.25) is 14.5 Å². The van der Waals surface area contributed by atoms with Crippen LogP contribution < -0.4 is 4.90 Å². The highest BCUT2D eigenvalue weighted by molar-refractivity contribution is 6.44. The zero-order chi connectivity index (χ0) is 18.7. The second-order valence-corrected chi connectivity index (χ2v) is 7.51. The zero-order valence-electron chi connectivity index (χ0n) is 15.7. The Hall–Kier alpha value is -2.21. The number of carbonyl (C=O) groups excluding carboxylic acids is 3. The second kappa shape index (κ2) is 7.78. The van der Waals surface area contributed by atoms with Gasteiger partial charge in [0.05, 0.1) is 7.05 Å². The van der Waals surface area contributed by atoms with E-state index in [0.29, 0.717) is 12.5 Å². The van der Waals surface area contributed by atoms with Gasteiger partial charge in [-0.15, -0.1) is 0 Å². The zero-order valence-corrected chi connectivity index (χ0v) is 15.7. The Labute approximate surface area is 149 Å². The Kier molecular flexibility index (Phi) is 5.95. The topological polar surface area (TPSA) is 62.1 Å². The maximum atomic E-state index is 12.4. The van der Waals surface area contributed by atoms with Crippen molar-refractivity contribution in [1.82, 2.24) is 9.80 Å². The molecule has 0 saturated carbocycles. The normalized spacial score (nSPS) is 16.5. The molecule has 0 radical (unpaired) electrons. The Balaban J connectivity index is 1.99. The molecule has 1 aliphatic heterocycles. The van der Waals surface area contributed by atoms with Gasteiger partial charge in [-0.05, 0) is 17.4 Å². The number of rotatable bonds is 7. The molecule has 1 saturated heterocycles. The molecule has 1 aromatic rings. The maximum Gasteiger partial charge on any atom is 0.338 e. The van der Waals surface area contributed by atoms with Gasteiger partial charge < -0.3 is 4.90 Å². The minimum absolute atomic E-state index is 0.130. The van der Waals surface area contributed by atoms with Crippen molar-refractivity contribution in [2.45, 2.75) is 40.2 Å². The number of amides is 4. The molecule has 0 aliphatic carbocycles. The number of nitrogens with one attached hydrogen (secondary N) is 1. The van der Waals surface area contributed by atoms with Crippen LogP contribution in [0, 0.1) is 5.92 Å². The lowest BCUT2D eigenvalue weighted by atomic mass is 10.0. The van der Waals surface area contributed by atoms with E-state index in [1.165, 1.54) is 5.56 Å². The minimum Gasteiger partial charge on any atom is -0.316 e. The molecule has 0 spiro atoms. The molecule has 1 fully saturated rings.